The van der Waals surface area contributed by atoms with Crippen molar-refractivity contribution < 1.29 is 8.42 Å². The van der Waals surface area contributed by atoms with E-state index in [0.717, 1.165) is 17.7 Å². The van der Waals surface area contributed by atoms with Gasteiger partial charge in [0.15, 0.2) is 0 Å². The van der Waals surface area contributed by atoms with E-state index in [2.05, 4.69) is 11.6 Å². The molecule has 1 aromatic rings. The van der Waals surface area contributed by atoms with Crippen LogP contribution in [0.3, 0.4) is 0 Å². The Morgan fingerprint density at radius 3 is 2.84 bits per heavy atom. The summed E-state index contributed by atoms with van der Waals surface area (Å²) in [5.74, 6) is 1.20. The van der Waals surface area contributed by atoms with E-state index >= 15 is 0 Å². The molecule has 2 rings (SSSR count). The second-order valence-corrected chi connectivity index (χ2v) is 8.58. The van der Waals surface area contributed by atoms with Gasteiger partial charge in [-0.15, -0.1) is 11.3 Å². The Morgan fingerprint density at radius 2 is 2.21 bits per heavy atom. The molecule has 0 radical (unpaired) electrons. The average Bonchev–Trinajstić information content (AvgIpc) is 2.86. The third-order valence-electron chi connectivity index (χ3n) is 3.71. The molecule has 0 aromatic carbocycles. The molecule has 0 aliphatic heterocycles. The highest BCUT2D eigenvalue weighted by Gasteiger charge is 2.22. The van der Waals surface area contributed by atoms with Gasteiger partial charge < -0.3 is 5.73 Å². The van der Waals surface area contributed by atoms with Crippen LogP contribution in [0.15, 0.2) is 16.3 Å². The monoisotopic (exact) mass is 302 g/mol. The first-order chi connectivity index (χ1) is 9.01. The maximum Gasteiger partial charge on any atom is 0.250 e. The quantitative estimate of drug-likeness (QED) is 0.876. The SMILES string of the molecule is CC1CCCC(CNS(=O)(=O)c2ccc(CN)s2)C1. The summed E-state index contributed by atoms with van der Waals surface area (Å²) in [6.45, 7) is 3.19. The van der Waals surface area contributed by atoms with E-state index in [1.807, 2.05) is 0 Å². The van der Waals surface area contributed by atoms with E-state index in [9.17, 15) is 8.42 Å². The molecule has 0 amide bonds. The highest BCUT2D eigenvalue weighted by atomic mass is 32.2. The molecule has 108 valence electrons. The van der Waals surface area contributed by atoms with E-state index in [-0.39, 0.29) is 0 Å². The molecule has 0 saturated heterocycles. The van der Waals surface area contributed by atoms with Crippen LogP contribution in [-0.4, -0.2) is 15.0 Å². The normalized spacial score (nSPS) is 24.5. The lowest BCUT2D eigenvalue weighted by molar-refractivity contribution is 0.283. The van der Waals surface area contributed by atoms with Crippen LogP contribution >= 0.6 is 11.3 Å². The second kappa shape index (κ2) is 6.35. The van der Waals surface area contributed by atoms with E-state index in [4.69, 9.17) is 5.73 Å². The largest absolute Gasteiger partial charge is 0.326 e. The maximum absolute atomic E-state index is 12.1. The molecule has 6 heteroatoms. The van der Waals surface area contributed by atoms with Gasteiger partial charge in [-0.1, -0.05) is 19.8 Å². The highest BCUT2D eigenvalue weighted by molar-refractivity contribution is 7.91. The minimum atomic E-state index is -3.35. The van der Waals surface area contributed by atoms with Gasteiger partial charge in [0.2, 0.25) is 10.0 Å². The molecule has 1 fully saturated rings. The lowest BCUT2D eigenvalue weighted by Gasteiger charge is -2.26. The van der Waals surface area contributed by atoms with Gasteiger partial charge in [-0.2, -0.15) is 0 Å². The molecule has 2 unspecified atom stereocenters. The first kappa shape index (κ1) is 15.0. The third kappa shape index (κ3) is 4.02. The van der Waals surface area contributed by atoms with E-state index < -0.39 is 10.0 Å². The molecule has 1 aliphatic rings. The molecule has 19 heavy (non-hydrogen) atoms. The van der Waals surface area contributed by atoms with Crippen molar-refractivity contribution in [1.29, 1.82) is 0 Å². The van der Waals surface area contributed by atoms with Crippen molar-refractivity contribution in [3.05, 3.63) is 17.0 Å². The van der Waals surface area contributed by atoms with Crippen molar-refractivity contribution in [2.75, 3.05) is 6.54 Å². The molecule has 2 atom stereocenters. The first-order valence-corrected chi connectivity index (χ1v) is 9.09. The standard InChI is InChI=1S/C13H22N2O2S2/c1-10-3-2-4-11(7-10)9-15-19(16,17)13-6-5-12(8-14)18-13/h5-6,10-11,15H,2-4,7-9,14H2,1H3. The summed E-state index contributed by atoms with van der Waals surface area (Å²) in [5.41, 5.74) is 5.51. The molecule has 0 bridgehead atoms. The number of hydrogen-bond donors (Lipinski definition) is 2. The molecular formula is C13H22N2O2S2. The van der Waals surface area contributed by atoms with Crippen molar-refractivity contribution in [2.24, 2.45) is 17.6 Å². The average molecular weight is 302 g/mol. The summed E-state index contributed by atoms with van der Waals surface area (Å²) in [5, 5.41) is 0. The van der Waals surface area contributed by atoms with Crippen LogP contribution in [0.5, 0.6) is 0 Å². The van der Waals surface area contributed by atoms with E-state index in [0.29, 0.717) is 29.1 Å². The molecule has 1 aromatic heterocycles. The van der Waals surface area contributed by atoms with Gasteiger partial charge >= 0.3 is 0 Å². The summed E-state index contributed by atoms with van der Waals surface area (Å²) >= 11 is 1.25. The summed E-state index contributed by atoms with van der Waals surface area (Å²) in [4.78, 5) is 0.895. The zero-order valence-electron chi connectivity index (χ0n) is 11.3. The number of hydrogen-bond acceptors (Lipinski definition) is 4. The predicted octanol–water partition coefficient (Wildman–Crippen LogP) is 2.31. The van der Waals surface area contributed by atoms with Gasteiger partial charge in [0.1, 0.15) is 4.21 Å². The number of sulfonamides is 1. The lowest BCUT2D eigenvalue weighted by Crippen LogP contribution is -2.31. The van der Waals surface area contributed by atoms with Crippen LogP contribution in [0.1, 0.15) is 37.5 Å². The molecule has 1 heterocycles. The minimum Gasteiger partial charge on any atom is -0.326 e. The maximum atomic E-state index is 12.1. The lowest BCUT2D eigenvalue weighted by atomic mass is 9.83. The Morgan fingerprint density at radius 1 is 1.42 bits per heavy atom. The van der Waals surface area contributed by atoms with Gasteiger partial charge in [-0.25, -0.2) is 13.1 Å². The first-order valence-electron chi connectivity index (χ1n) is 6.79. The van der Waals surface area contributed by atoms with Crippen LogP contribution in [0, 0.1) is 11.8 Å². The van der Waals surface area contributed by atoms with Crippen LogP contribution < -0.4 is 10.5 Å². The summed E-state index contributed by atoms with van der Waals surface area (Å²) in [7, 11) is -3.35. The van der Waals surface area contributed by atoms with E-state index in [1.54, 1.807) is 12.1 Å². The van der Waals surface area contributed by atoms with E-state index in [1.165, 1.54) is 24.2 Å². The topological polar surface area (TPSA) is 72.2 Å². The predicted molar refractivity (Wildman–Crippen MR) is 78.5 cm³/mol. The Bertz CT molecular complexity index is 510. The fraction of sp³-hybridized carbons (Fsp3) is 0.692. The van der Waals surface area contributed by atoms with Crippen LogP contribution in [0.4, 0.5) is 0 Å². The fourth-order valence-corrected chi connectivity index (χ4v) is 5.05. The fourth-order valence-electron chi connectivity index (χ4n) is 2.66. The molecule has 1 saturated carbocycles. The third-order valence-corrected chi connectivity index (χ3v) is 6.73. The van der Waals surface area contributed by atoms with Gasteiger partial charge in [0.05, 0.1) is 0 Å². The van der Waals surface area contributed by atoms with Crippen molar-refractivity contribution >= 4 is 21.4 Å². The molecule has 0 spiro atoms. The molecular weight excluding hydrogens is 280 g/mol. The minimum absolute atomic E-state index is 0.372. The Balaban J connectivity index is 1.93. The van der Waals surface area contributed by atoms with Crippen molar-refractivity contribution in [1.82, 2.24) is 4.72 Å². The number of thiophene rings is 1. The van der Waals surface area contributed by atoms with Gasteiger partial charge in [-0.05, 0) is 36.8 Å². The molecule has 3 N–H and O–H groups in total. The summed E-state index contributed by atoms with van der Waals surface area (Å²) in [6.07, 6.45) is 4.74. The van der Waals surface area contributed by atoms with Crippen molar-refractivity contribution in [3.63, 3.8) is 0 Å². The van der Waals surface area contributed by atoms with Crippen LogP contribution in [0.25, 0.3) is 0 Å². The number of rotatable bonds is 5. The van der Waals surface area contributed by atoms with Gasteiger partial charge in [-0.3, -0.25) is 0 Å². The smallest absolute Gasteiger partial charge is 0.250 e. The highest BCUT2D eigenvalue weighted by Crippen LogP contribution is 2.28. The Labute approximate surface area is 119 Å². The van der Waals surface area contributed by atoms with Crippen LogP contribution in [-0.2, 0) is 16.6 Å². The Kier molecular flexibility index (Phi) is 5.00. The Hall–Kier alpha value is -0.430. The number of nitrogens with two attached hydrogens (primary N) is 1. The van der Waals surface area contributed by atoms with Gasteiger partial charge in [0, 0.05) is 18.0 Å². The summed E-state index contributed by atoms with van der Waals surface area (Å²) < 4.78 is 27.4. The van der Waals surface area contributed by atoms with Crippen LogP contribution in [0.2, 0.25) is 0 Å². The van der Waals surface area contributed by atoms with Gasteiger partial charge in [0.25, 0.3) is 0 Å². The summed E-state index contributed by atoms with van der Waals surface area (Å²) in [6, 6.07) is 3.42. The second-order valence-electron chi connectivity index (χ2n) is 5.41. The van der Waals surface area contributed by atoms with Crippen molar-refractivity contribution in [2.45, 2.75) is 43.4 Å². The molecule has 4 nitrogen and oxygen atoms in total. The zero-order valence-corrected chi connectivity index (χ0v) is 12.9. The molecule has 1 aliphatic carbocycles. The van der Waals surface area contributed by atoms with Crippen molar-refractivity contribution in [3.8, 4) is 0 Å². The number of nitrogens with one attached hydrogen (secondary N) is 1. The zero-order chi connectivity index (χ0) is 13.9.